The highest BCUT2D eigenvalue weighted by molar-refractivity contribution is 7.89. The first kappa shape index (κ1) is 15.9. The molecule has 0 unspecified atom stereocenters. The van der Waals surface area contributed by atoms with Gasteiger partial charge in [0.05, 0.1) is 11.8 Å². The molecule has 1 N–H and O–H groups in total. The quantitative estimate of drug-likeness (QED) is 0.857. The maximum atomic E-state index is 12.2. The van der Waals surface area contributed by atoms with E-state index in [0.717, 1.165) is 18.8 Å². The molecule has 0 saturated carbocycles. The number of hydrogen-bond donors (Lipinski definition) is 1. The van der Waals surface area contributed by atoms with E-state index in [1.807, 2.05) is 13.1 Å². The Morgan fingerprint density at radius 3 is 2.71 bits per heavy atom. The first-order chi connectivity index (χ1) is 9.95. The van der Waals surface area contributed by atoms with Gasteiger partial charge in [0.25, 0.3) is 0 Å². The molecule has 1 fully saturated rings. The number of pyridine rings is 1. The van der Waals surface area contributed by atoms with Gasteiger partial charge in [0.1, 0.15) is 5.54 Å². The van der Waals surface area contributed by atoms with E-state index in [-0.39, 0.29) is 5.75 Å². The second kappa shape index (κ2) is 6.52. The molecule has 0 spiro atoms. The van der Waals surface area contributed by atoms with Crippen molar-refractivity contribution in [2.24, 2.45) is 0 Å². The van der Waals surface area contributed by atoms with Crippen LogP contribution in [-0.4, -0.2) is 49.7 Å². The molecule has 2 heterocycles. The Labute approximate surface area is 125 Å². The molecule has 1 aromatic rings. The summed E-state index contributed by atoms with van der Waals surface area (Å²) in [7, 11) is -1.53. The Bertz CT molecular complexity index is 602. The number of piperidine rings is 1. The Morgan fingerprint density at radius 2 is 2.14 bits per heavy atom. The highest BCUT2D eigenvalue weighted by Gasteiger charge is 2.37. The van der Waals surface area contributed by atoms with Crippen LogP contribution in [0.15, 0.2) is 24.4 Å². The Balaban J connectivity index is 1.98. The van der Waals surface area contributed by atoms with Gasteiger partial charge in [-0.15, -0.1) is 0 Å². The number of rotatable bonds is 5. The lowest BCUT2D eigenvalue weighted by atomic mass is 9.91. The summed E-state index contributed by atoms with van der Waals surface area (Å²) >= 11 is 0. The summed E-state index contributed by atoms with van der Waals surface area (Å²) in [6, 6.07) is 7.58. The van der Waals surface area contributed by atoms with Crippen LogP contribution in [0.4, 0.5) is 0 Å². The van der Waals surface area contributed by atoms with Crippen LogP contribution in [0.25, 0.3) is 0 Å². The van der Waals surface area contributed by atoms with Crippen molar-refractivity contribution < 1.29 is 8.42 Å². The topological polar surface area (TPSA) is 86.1 Å². The molecule has 6 nitrogen and oxygen atoms in total. The van der Waals surface area contributed by atoms with Crippen LogP contribution in [-0.2, 0) is 16.4 Å². The lowest BCUT2D eigenvalue weighted by Gasteiger charge is -2.35. The normalized spacial score (nSPS) is 19.0. The minimum Gasteiger partial charge on any atom is -0.306 e. The van der Waals surface area contributed by atoms with E-state index in [4.69, 9.17) is 0 Å². The van der Waals surface area contributed by atoms with Crippen molar-refractivity contribution in [3.05, 3.63) is 30.1 Å². The predicted octanol–water partition coefficient (Wildman–Crippen LogP) is 0.531. The zero-order valence-electron chi connectivity index (χ0n) is 12.1. The number of nitrogens with one attached hydrogen (secondary N) is 1. The molecule has 0 amide bonds. The molecule has 114 valence electrons. The average molecular weight is 308 g/mol. The largest absolute Gasteiger partial charge is 0.306 e. The number of aromatic nitrogens is 1. The van der Waals surface area contributed by atoms with Crippen molar-refractivity contribution in [1.82, 2.24) is 14.6 Å². The van der Waals surface area contributed by atoms with Crippen LogP contribution < -0.4 is 4.72 Å². The molecule has 1 saturated heterocycles. The van der Waals surface area contributed by atoms with Gasteiger partial charge in [0, 0.05) is 31.4 Å². The summed E-state index contributed by atoms with van der Waals surface area (Å²) < 4.78 is 27.0. The Kier molecular flexibility index (Phi) is 4.93. The summed E-state index contributed by atoms with van der Waals surface area (Å²) in [5.41, 5.74) is -0.229. The number of nitrogens with zero attached hydrogens (tertiary/aromatic N) is 3. The first-order valence-electron chi connectivity index (χ1n) is 6.96. The molecular weight excluding hydrogens is 288 g/mol. The van der Waals surface area contributed by atoms with Gasteiger partial charge in [0.2, 0.25) is 10.0 Å². The molecule has 0 radical (unpaired) electrons. The van der Waals surface area contributed by atoms with Crippen LogP contribution in [0.5, 0.6) is 0 Å². The zero-order valence-corrected chi connectivity index (χ0v) is 12.9. The molecule has 1 aromatic heterocycles. The van der Waals surface area contributed by atoms with Crippen LogP contribution in [0, 0.1) is 11.3 Å². The third kappa shape index (κ3) is 4.49. The number of hydrogen-bond acceptors (Lipinski definition) is 5. The molecule has 1 aliphatic heterocycles. The van der Waals surface area contributed by atoms with E-state index < -0.39 is 15.6 Å². The van der Waals surface area contributed by atoms with E-state index in [9.17, 15) is 13.7 Å². The number of sulfonamides is 1. The third-order valence-corrected chi connectivity index (χ3v) is 5.20. The lowest BCUT2D eigenvalue weighted by molar-refractivity contribution is 0.213. The summed E-state index contributed by atoms with van der Waals surface area (Å²) in [5, 5.41) is 9.37. The van der Waals surface area contributed by atoms with Crippen molar-refractivity contribution in [2.45, 2.75) is 24.8 Å². The fourth-order valence-corrected chi connectivity index (χ4v) is 3.80. The van der Waals surface area contributed by atoms with Gasteiger partial charge in [-0.3, -0.25) is 4.98 Å². The third-order valence-electron chi connectivity index (χ3n) is 3.76. The average Bonchev–Trinajstić information content (AvgIpc) is 2.49. The molecule has 7 heteroatoms. The van der Waals surface area contributed by atoms with Crippen molar-refractivity contribution in [3.63, 3.8) is 0 Å². The van der Waals surface area contributed by atoms with Crippen molar-refractivity contribution in [3.8, 4) is 6.07 Å². The summed E-state index contributed by atoms with van der Waals surface area (Å²) in [4.78, 5) is 6.21. The molecule has 2 rings (SSSR count). The zero-order chi connectivity index (χ0) is 15.3. The van der Waals surface area contributed by atoms with Gasteiger partial charge in [-0.2, -0.15) is 9.98 Å². The molecule has 0 atom stereocenters. The minimum atomic E-state index is -3.50. The fraction of sp³-hybridized carbons (Fsp3) is 0.571. The van der Waals surface area contributed by atoms with E-state index >= 15 is 0 Å². The van der Waals surface area contributed by atoms with E-state index in [1.165, 1.54) is 0 Å². The number of aryl methyl sites for hydroxylation is 1. The van der Waals surface area contributed by atoms with Crippen LogP contribution in [0.2, 0.25) is 0 Å². The molecular formula is C14H20N4O2S. The summed E-state index contributed by atoms with van der Waals surface area (Å²) in [5.74, 6) is -0.0523. The summed E-state index contributed by atoms with van der Waals surface area (Å²) in [6.45, 7) is 1.44. The molecule has 0 bridgehead atoms. The maximum absolute atomic E-state index is 12.2. The SMILES string of the molecule is CN1CCC(C#N)(NS(=O)(=O)CCc2ccccn2)CC1. The molecule has 1 aliphatic rings. The van der Waals surface area contributed by atoms with Gasteiger partial charge in [0.15, 0.2) is 0 Å². The second-order valence-corrected chi connectivity index (χ2v) is 7.33. The standard InChI is InChI=1S/C14H20N4O2S/c1-18-9-6-14(12-15,7-10-18)17-21(19,20)11-5-13-4-2-3-8-16-13/h2-4,8,17H,5-7,9-11H2,1H3. The Hall–Kier alpha value is -1.49. The number of nitriles is 1. The lowest BCUT2D eigenvalue weighted by Crippen LogP contribution is -2.54. The van der Waals surface area contributed by atoms with Gasteiger partial charge in [-0.25, -0.2) is 8.42 Å². The van der Waals surface area contributed by atoms with Crippen molar-refractivity contribution in [1.29, 1.82) is 5.26 Å². The molecule has 0 aliphatic carbocycles. The highest BCUT2D eigenvalue weighted by Crippen LogP contribution is 2.22. The Morgan fingerprint density at radius 1 is 1.43 bits per heavy atom. The molecule has 0 aromatic carbocycles. The molecule has 21 heavy (non-hydrogen) atoms. The van der Waals surface area contributed by atoms with E-state index in [2.05, 4.69) is 20.7 Å². The van der Waals surface area contributed by atoms with E-state index in [0.29, 0.717) is 19.3 Å². The first-order valence-corrected chi connectivity index (χ1v) is 8.61. The van der Waals surface area contributed by atoms with Crippen molar-refractivity contribution >= 4 is 10.0 Å². The highest BCUT2D eigenvalue weighted by atomic mass is 32.2. The predicted molar refractivity (Wildman–Crippen MR) is 79.9 cm³/mol. The maximum Gasteiger partial charge on any atom is 0.213 e. The van der Waals surface area contributed by atoms with Crippen LogP contribution in [0.1, 0.15) is 18.5 Å². The number of likely N-dealkylation sites (tertiary alicyclic amines) is 1. The van der Waals surface area contributed by atoms with Gasteiger partial charge < -0.3 is 4.90 Å². The fourth-order valence-electron chi connectivity index (χ4n) is 2.37. The monoisotopic (exact) mass is 308 g/mol. The van der Waals surface area contributed by atoms with Gasteiger partial charge in [-0.05, 0) is 32.0 Å². The smallest absolute Gasteiger partial charge is 0.213 e. The van der Waals surface area contributed by atoms with Crippen LogP contribution >= 0.6 is 0 Å². The minimum absolute atomic E-state index is 0.0523. The van der Waals surface area contributed by atoms with Gasteiger partial charge in [-0.1, -0.05) is 6.07 Å². The van der Waals surface area contributed by atoms with E-state index in [1.54, 1.807) is 18.3 Å². The van der Waals surface area contributed by atoms with Crippen molar-refractivity contribution in [2.75, 3.05) is 25.9 Å². The second-order valence-electron chi connectivity index (χ2n) is 5.49. The summed E-state index contributed by atoms with van der Waals surface area (Å²) in [6.07, 6.45) is 3.02. The van der Waals surface area contributed by atoms with Gasteiger partial charge >= 0.3 is 0 Å². The van der Waals surface area contributed by atoms with Crippen LogP contribution in [0.3, 0.4) is 0 Å².